The summed E-state index contributed by atoms with van der Waals surface area (Å²) in [5.74, 6) is 1.42. The topological polar surface area (TPSA) is 63.2 Å². The molecule has 5 nitrogen and oxygen atoms in total. The highest BCUT2D eigenvalue weighted by atomic mass is 32.2. The number of rotatable bonds is 2. The molecule has 1 fully saturated rings. The molecule has 21 heavy (non-hydrogen) atoms. The zero-order valence-corrected chi connectivity index (χ0v) is 13.1. The number of para-hydroxylation sites is 1. The number of fused-ring (bicyclic) bond motifs is 1. The van der Waals surface area contributed by atoms with Crippen molar-refractivity contribution in [2.75, 3.05) is 23.5 Å². The molecule has 1 aliphatic rings. The monoisotopic (exact) mass is 305 g/mol. The Morgan fingerprint density at radius 1 is 1.19 bits per heavy atom. The van der Waals surface area contributed by atoms with Gasteiger partial charge in [0.25, 0.3) is 0 Å². The van der Waals surface area contributed by atoms with E-state index in [9.17, 15) is 8.42 Å². The van der Waals surface area contributed by atoms with Gasteiger partial charge in [0.15, 0.2) is 0 Å². The maximum absolute atomic E-state index is 11.6. The molecule has 0 saturated carbocycles. The van der Waals surface area contributed by atoms with Crippen molar-refractivity contribution >= 4 is 26.6 Å². The normalized spacial score (nSPS) is 18.8. The summed E-state index contributed by atoms with van der Waals surface area (Å²) >= 11 is 0. The molecule has 0 radical (unpaired) electrons. The number of aromatic nitrogens is 2. The molecule has 3 rings (SSSR count). The van der Waals surface area contributed by atoms with E-state index in [2.05, 4.69) is 14.9 Å². The summed E-state index contributed by atoms with van der Waals surface area (Å²) in [6, 6.07) is 6.27. The number of sulfone groups is 1. The van der Waals surface area contributed by atoms with Crippen molar-refractivity contribution in [3.05, 3.63) is 30.1 Å². The van der Waals surface area contributed by atoms with E-state index in [0.717, 1.165) is 22.3 Å². The van der Waals surface area contributed by atoms with E-state index < -0.39 is 9.84 Å². The first kappa shape index (κ1) is 14.3. The van der Waals surface area contributed by atoms with Crippen molar-refractivity contribution in [1.82, 2.24) is 9.97 Å². The van der Waals surface area contributed by atoms with Gasteiger partial charge in [-0.25, -0.2) is 18.4 Å². The van der Waals surface area contributed by atoms with E-state index in [-0.39, 0.29) is 17.5 Å². The van der Waals surface area contributed by atoms with Crippen molar-refractivity contribution in [3.8, 4) is 0 Å². The second-order valence-electron chi connectivity index (χ2n) is 5.66. The summed E-state index contributed by atoms with van der Waals surface area (Å²) in [5.41, 5.74) is 2.08. The van der Waals surface area contributed by atoms with Crippen LogP contribution in [-0.2, 0) is 9.84 Å². The highest BCUT2D eigenvalue weighted by Gasteiger charge is 2.27. The van der Waals surface area contributed by atoms with Gasteiger partial charge < -0.3 is 4.90 Å². The third kappa shape index (κ3) is 2.72. The van der Waals surface area contributed by atoms with Gasteiger partial charge in [0, 0.05) is 18.5 Å². The lowest BCUT2D eigenvalue weighted by Crippen LogP contribution is -2.39. The zero-order valence-electron chi connectivity index (χ0n) is 12.3. The van der Waals surface area contributed by atoms with Crippen LogP contribution in [0.3, 0.4) is 0 Å². The lowest BCUT2D eigenvalue weighted by molar-refractivity contribution is 0.532. The SMILES string of the molecule is Cc1cccc2c(N(C)C3CCS(=O)(=O)CC3)ncnc12. The Hall–Kier alpha value is -1.69. The van der Waals surface area contributed by atoms with Crippen molar-refractivity contribution in [2.45, 2.75) is 25.8 Å². The predicted octanol–water partition coefficient (Wildman–Crippen LogP) is 1.95. The van der Waals surface area contributed by atoms with Crippen LogP contribution in [0.2, 0.25) is 0 Å². The predicted molar refractivity (Wildman–Crippen MR) is 84.4 cm³/mol. The zero-order chi connectivity index (χ0) is 15.0. The highest BCUT2D eigenvalue weighted by Crippen LogP contribution is 2.28. The molecule has 1 aliphatic heterocycles. The Morgan fingerprint density at radius 2 is 1.90 bits per heavy atom. The minimum atomic E-state index is -2.84. The third-order valence-electron chi connectivity index (χ3n) is 4.25. The van der Waals surface area contributed by atoms with Crippen LogP contribution in [0, 0.1) is 6.92 Å². The average molecular weight is 305 g/mol. The van der Waals surface area contributed by atoms with Gasteiger partial charge in [-0.2, -0.15) is 0 Å². The van der Waals surface area contributed by atoms with Crippen LogP contribution in [-0.4, -0.2) is 43.0 Å². The third-order valence-corrected chi connectivity index (χ3v) is 5.97. The first-order valence-corrected chi connectivity index (χ1v) is 8.94. The molecule has 6 heteroatoms. The molecule has 0 N–H and O–H groups in total. The van der Waals surface area contributed by atoms with Crippen molar-refractivity contribution in [1.29, 1.82) is 0 Å². The Bertz CT molecular complexity index is 760. The fraction of sp³-hybridized carbons (Fsp3) is 0.467. The molecule has 2 heterocycles. The number of anilines is 1. The van der Waals surface area contributed by atoms with Crippen LogP contribution in [0.15, 0.2) is 24.5 Å². The van der Waals surface area contributed by atoms with Crippen LogP contribution in [0.4, 0.5) is 5.82 Å². The van der Waals surface area contributed by atoms with Gasteiger partial charge in [-0.15, -0.1) is 0 Å². The molecule has 1 saturated heterocycles. The lowest BCUT2D eigenvalue weighted by Gasteiger charge is -2.32. The van der Waals surface area contributed by atoms with E-state index in [1.54, 1.807) is 6.33 Å². The van der Waals surface area contributed by atoms with Gasteiger partial charge in [0.2, 0.25) is 0 Å². The Morgan fingerprint density at radius 3 is 2.62 bits per heavy atom. The summed E-state index contributed by atoms with van der Waals surface area (Å²) < 4.78 is 23.1. The van der Waals surface area contributed by atoms with E-state index in [1.165, 1.54) is 0 Å². The molecule has 112 valence electrons. The molecule has 0 amide bonds. The second kappa shape index (κ2) is 5.26. The van der Waals surface area contributed by atoms with E-state index in [1.807, 2.05) is 32.2 Å². The summed E-state index contributed by atoms with van der Waals surface area (Å²) in [6.45, 7) is 2.03. The Labute approximate surface area is 124 Å². The molecule has 0 unspecified atom stereocenters. The van der Waals surface area contributed by atoms with Gasteiger partial charge in [-0.3, -0.25) is 0 Å². The molecule has 2 aromatic rings. The number of nitrogens with zero attached hydrogens (tertiary/aromatic N) is 3. The van der Waals surface area contributed by atoms with E-state index >= 15 is 0 Å². The molecule has 0 atom stereocenters. The van der Waals surface area contributed by atoms with Crippen molar-refractivity contribution in [3.63, 3.8) is 0 Å². The van der Waals surface area contributed by atoms with Crippen molar-refractivity contribution < 1.29 is 8.42 Å². The van der Waals surface area contributed by atoms with Crippen LogP contribution < -0.4 is 4.90 Å². The van der Waals surface area contributed by atoms with Gasteiger partial charge >= 0.3 is 0 Å². The molecular weight excluding hydrogens is 286 g/mol. The standard InChI is InChI=1S/C15H19N3O2S/c1-11-4-3-5-13-14(11)16-10-17-15(13)18(2)12-6-8-21(19,20)9-7-12/h3-5,10,12H,6-9H2,1-2H3. The van der Waals surface area contributed by atoms with Crippen LogP contribution in [0.1, 0.15) is 18.4 Å². The smallest absolute Gasteiger partial charge is 0.150 e. The quantitative estimate of drug-likeness (QED) is 0.848. The Kier molecular flexibility index (Phi) is 3.57. The average Bonchev–Trinajstić information content (AvgIpc) is 2.46. The fourth-order valence-electron chi connectivity index (χ4n) is 2.94. The molecule has 1 aromatic heterocycles. The van der Waals surface area contributed by atoms with Crippen molar-refractivity contribution in [2.24, 2.45) is 0 Å². The molecule has 0 bridgehead atoms. The minimum absolute atomic E-state index is 0.215. The first-order valence-electron chi connectivity index (χ1n) is 7.11. The largest absolute Gasteiger partial charge is 0.356 e. The highest BCUT2D eigenvalue weighted by molar-refractivity contribution is 7.91. The number of hydrogen-bond acceptors (Lipinski definition) is 5. The van der Waals surface area contributed by atoms with Gasteiger partial charge in [0.1, 0.15) is 22.0 Å². The number of benzene rings is 1. The van der Waals surface area contributed by atoms with E-state index in [0.29, 0.717) is 12.8 Å². The summed E-state index contributed by atoms with van der Waals surface area (Å²) in [5, 5.41) is 1.02. The summed E-state index contributed by atoms with van der Waals surface area (Å²) in [4.78, 5) is 10.9. The van der Waals surface area contributed by atoms with Gasteiger partial charge in [0.05, 0.1) is 17.0 Å². The number of hydrogen-bond donors (Lipinski definition) is 0. The fourth-order valence-corrected chi connectivity index (χ4v) is 4.41. The lowest BCUT2D eigenvalue weighted by atomic mass is 10.1. The van der Waals surface area contributed by atoms with Crippen LogP contribution in [0.5, 0.6) is 0 Å². The Balaban J connectivity index is 1.95. The molecule has 1 aromatic carbocycles. The second-order valence-corrected chi connectivity index (χ2v) is 7.97. The maximum atomic E-state index is 11.6. The summed E-state index contributed by atoms with van der Waals surface area (Å²) in [7, 11) is -0.847. The molecule has 0 spiro atoms. The van der Waals surface area contributed by atoms with Gasteiger partial charge in [-0.1, -0.05) is 12.1 Å². The maximum Gasteiger partial charge on any atom is 0.150 e. The first-order chi connectivity index (χ1) is 9.98. The van der Waals surface area contributed by atoms with E-state index in [4.69, 9.17) is 0 Å². The molecule has 0 aliphatic carbocycles. The van der Waals surface area contributed by atoms with Gasteiger partial charge in [-0.05, 0) is 31.4 Å². The summed E-state index contributed by atoms with van der Waals surface area (Å²) in [6.07, 6.45) is 2.91. The molecular formula is C15H19N3O2S. The van der Waals surface area contributed by atoms with Crippen LogP contribution >= 0.6 is 0 Å². The number of aryl methyl sites for hydroxylation is 1. The minimum Gasteiger partial charge on any atom is -0.356 e. The van der Waals surface area contributed by atoms with Crippen LogP contribution in [0.25, 0.3) is 10.9 Å².